The Hall–Kier alpha value is -1.76. The smallest absolute Gasteiger partial charge is 0.0719 e. The molecule has 2 aromatic rings. The molecule has 0 fully saturated rings. The van der Waals surface area contributed by atoms with E-state index < -0.39 is 0 Å². The standard InChI is InChI=1S/C20H24N/c1-19(2,3)13-7-9-15-16-10-8-14(20(4,5)6)12-18(16)21-17(15)11-13/h7-12H,1-6H3. The summed E-state index contributed by atoms with van der Waals surface area (Å²) in [6.07, 6.45) is 0. The minimum absolute atomic E-state index is 0.163. The Labute approximate surface area is 128 Å². The normalized spacial score (nSPS) is 13.6. The zero-order valence-corrected chi connectivity index (χ0v) is 13.9. The highest BCUT2D eigenvalue weighted by Crippen LogP contribution is 2.45. The molecular weight excluding hydrogens is 254 g/mol. The molecule has 0 atom stereocenters. The van der Waals surface area contributed by atoms with Gasteiger partial charge in [0.15, 0.2) is 0 Å². The van der Waals surface area contributed by atoms with Crippen LogP contribution >= 0.6 is 0 Å². The summed E-state index contributed by atoms with van der Waals surface area (Å²) in [5, 5.41) is 4.86. The Balaban J connectivity index is 2.06. The highest BCUT2D eigenvalue weighted by atomic mass is 14.9. The molecule has 1 aliphatic heterocycles. The quantitative estimate of drug-likeness (QED) is 0.491. The van der Waals surface area contributed by atoms with Crippen LogP contribution in [0.3, 0.4) is 0 Å². The summed E-state index contributed by atoms with van der Waals surface area (Å²) in [5.41, 5.74) is 7.76. The molecule has 1 heterocycles. The molecule has 1 nitrogen and oxygen atoms in total. The summed E-state index contributed by atoms with van der Waals surface area (Å²) >= 11 is 0. The van der Waals surface area contributed by atoms with Gasteiger partial charge in [-0.2, -0.15) is 0 Å². The molecule has 0 unspecified atom stereocenters. The van der Waals surface area contributed by atoms with E-state index in [-0.39, 0.29) is 10.8 Å². The molecular formula is C20H24N. The molecule has 1 radical (unpaired) electrons. The van der Waals surface area contributed by atoms with Crippen LogP contribution in [-0.2, 0) is 10.8 Å². The molecule has 3 rings (SSSR count). The molecule has 109 valence electrons. The van der Waals surface area contributed by atoms with E-state index in [0.29, 0.717) is 0 Å². The van der Waals surface area contributed by atoms with Crippen LogP contribution in [0.4, 0.5) is 11.4 Å². The predicted molar refractivity (Wildman–Crippen MR) is 90.7 cm³/mol. The van der Waals surface area contributed by atoms with Gasteiger partial charge in [-0.1, -0.05) is 65.8 Å². The van der Waals surface area contributed by atoms with E-state index in [9.17, 15) is 0 Å². The average Bonchev–Trinajstić information content (AvgIpc) is 2.73. The van der Waals surface area contributed by atoms with Crippen molar-refractivity contribution < 1.29 is 0 Å². The molecule has 0 bridgehead atoms. The first-order valence-corrected chi connectivity index (χ1v) is 7.67. The lowest BCUT2D eigenvalue weighted by atomic mass is 9.85. The predicted octanol–water partition coefficient (Wildman–Crippen LogP) is 5.83. The van der Waals surface area contributed by atoms with Gasteiger partial charge in [0.05, 0.1) is 11.4 Å². The molecule has 0 aliphatic carbocycles. The highest BCUT2D eigenvalue weighted by molar-refractivity contribution is 5.91. The summed E-state index contributed by atoms with van der Waals surface area (Å²) in [7, 11) is 0. The maximum atomic E-state index is 4.86. The van der Waals surface area contributed by atoms with E-state index in [1.807, 2.05) is 0 Å². The van der Waals surface area contributed by atoms with E-state index >= 15 is 0 Å². The Bertz CT molecular complexity index is 635. The van der Waals surface area contributed by atoms with Gasteiger partial charge in [0.2, 0.25) is 0 Å². The highest BCUT2D eigenvalue weighted by Gasteiger charge is 2.24. The van der Waals surface area contributed by atoms with Crippen molar-refractivity contribution in [2.45, 2.75) is 52.4 Å². The van der Waals surface area contributed by atoms with E-state index in [2.05, 4.69) is 77.9 Å². The Kier molecular flexibility index (Phi) is 2.95. The van der Waals surface area contributed by atoms with Crippen molar-refractivity contribution in [3.8, 4) is 11.1 Å². The van der Waals surface area contributed by atoms with Crippen molar-refractivity contribution in [1.82, 2.24) is 5.32 Å². The molecule has 0 aromatic heterocycles. The van der Waals surface area contributed by atoms with Gasteiger partial charge in [0, 0.05) is 11.1 Å². The molecule has 2 aromatic carbocycles. The van der Waals surface area contributed by atoms with E-state index in [1.54, 1.807) is 0 Å². The van der Waals surface area contributed by atoms with E-state index in [1.165, 1.54) is 22.3 Å². The minimum atomic E-state index is 0.163. The molecule has 0 N–H and O–H groups in total. The van der Waals surface area contributed by atoms with Crippen LogP contribution in [0.2, 0.25) is 0 Å². The number of hydrogen-bond donors (Lipinski definition) is 0. The first-order valence-electron chi connectivity index (χ1n) is 7.67. The average molecular weight is 278 g/mol. The molecule has 21 heavy (non-hydrogen) atoms. The molecule has 0 saturated heterocycles. The maximum Gasteiger partial charge on any atom is 0.0719 e. The van der Waals surface area contributed by atoms with E-state index in [4.69, 9.17) is 5.32 Å². The van der Waals surface area contributed by atoms with Crippen molar-refractivity contribution >= 4 is 11.4 Å². The van der Waals surface area contributed by atoms with Gasteiger partial charge in [-0.25, -0.2) is 5.32 Å². The monoisotopic (exact) mass is 278 g/mol. The summed E-state index contributed by atoms with van der Waals surface area (Å²) in [6, 6.07) is 13.4. The minimum Gasteiger partial charge on any atom is -0.248 e. The number of hydrogen-bond acceptors (Lipinski definition) is 0. The fourth-order valence-electron chi connectivity index (χ4n) is 2.77. The third kappa shape index (κ3) is 2.46. The van der Waals surface area contributed by atoms with Crippen LogP contribution < -0.4 is 5.32 Å². The van der Waals surface area contributed by atoms with Crippen molar-refractivity contribution in [2.24, 2.45) is 0 Å². The molecule has 0 spiro atoms. The zero-order chi connectivity index (χ0) is 15.4. The van der Waals surface area contributed by atoms with Crippen molar-refractivity contribution in [1.29, 1.82) is 0 Å². The first kappa shape index (κ1) is 14.2. The van der Waals surface area contributed by atoms with Crippen molar-refractivity contribution in [3.63, 3.8) is 0 Å². The van der Waals surface area contributed by atoms with Crippen LogP contribution in [0, 0.1) is 0 Å². The molecule has 0 saturated carbocycles. The Morgan fingerprint density at radius 1 is 0.619 bits per heavy atom. The molecule has 1 heteroatoms. The van der Waals surface area contributed by atoms with Crippen LogP contribution in [0.5, 0.6) is 0 Å². The third-order valence-electron chi connectivity index (χ3n) is 4.26. The lowest BCUT2D eigenvalue weighted by Gasteiger charge is -2.19. The van der Waals surface area contributed by atoms with Gasteiger partial charge in [0.1, 0.15) is 0 Å². The topological polar surface area (TPSA) is 14.1 Å². The van der Waals surface area contributed by atoms with Crippen LogP contribution in [0.1, 0.15) is 52.7 Å². The fourth-order valence-corrected chi connectivity index (χ4v) is 2.77. The summed E-state index contributed by atoms with van der Waals surface area (Å²) in [6.45, 7) is 13.5. The second-order valence-electron chi connectivity index (χ2n) is 8.08. The van der Waals surface area contributed by atoms with Gasteiger partial charge in [-0.15, -0.1) is 0 Å². The fraction of sp³-hybridized carbons (Fsp3) is 0.400. The van der Waals surface area contributed by atoms with Gasteiger partial charge < -0.3 is 0 Å². The van der Waals surface area contributed by atoms with E-state index in [0.717, 1.165) is 11.4 Å². The van der Waals surface area contributed by atoms with Crippen LogP contribution in [-0.4, -0.2) is 0 Å². The van der Waals surface area contributed by atoms with Gasteiger partial charge >= 0.3 is 0 Å². The first-order chi connectivity index (χ1) is 9.66. The Morgan fingerprint density at radius 2 is 1.00 bits per heavy atom. The van der Waals surface area contributed by atoms with Gasteiger partial charge in [-0.3, -0.25) is 0 Å². The van der Waals surface area contributed by atoms with Gasteiger partial charge in [0.25, 0.3) is 0 Å². The van der Waals surface area contributed by atoms with Gasteiger partial charge in [-0.05, 0) is 34.1 Å². The zero-order valence-electron chi connectivity index (χ0n) is 13.9. The number of fused-ring (bicyclic) bond motifs is 3. The second kappa shape index (κ2) is 4.37. The molecule has 0 amide bonds. The second-order valence-corrected chi connectivity index (χ2v) is 8.08. The summed E-state index contributed by atoms with van der Waals surface area (Å²) in [4.78, 5) is 0. The maximum absolute atomic E-state index is 4.86. The van der Waals surface area contributed by atoms with Crippen molar-refractivity contribution in [2.75, 3.05) is 0 Å². The molecule has 1 aliphatic rings. The largest absolute Gasteiger partial charge is 0.248 e. The number of rotatable bonds is 0. The van der Waals surface area contributed by atoms with Crippen LogP contribution in [0.25, 0.3) is 11.1 Å². The Morgan fingerprint density at radius 3 is 1.33 bits per heavy atom. The third-order valence-corrected chi connectivity index (χ3v) is 4.26. The number of nitrogens with zero attached hydrogens (tertiary/aromatic N) is 1. The number of benzene rings is 2. The summed E-state index contributed by atoms with van der Waals surface area (Å²) < 4.78 is 0. The SMILES string of the molecule is CC(C)(C)c1ccc2c(c1)[N]c1cc(C(C)(C)C)ccc1-2. The lowest BCUT2D eigenvalue weighted by Crippen LogP contribution is -2.11. The lowest BCUT2D eigenvalue weighted by molar-refractivity contribution is 0.590. The summed E-state index contributed by atoms with van der Waals surface area (Å²) in [5.74, 6) is 0. The van der Waals surface area contributed by atoms with Crippen LogP contribution in [0.15, 0.2) is 36.4 Å². The van der Waals surface area contributed by atoms with Crippen molar-refractivity contribution in [3.05, 3.63) is 47.5 Å².